The van der Waals surface area contributed by atoms with Gasteiger partial charge in [-0.05, 0) is 62.1 Å². The zero-order chi connectivity index (χ0) is 19.7. The largest absolute Gasteiger partial charge is 0.348 e. The van der Waals surface area contributed by atoms with E-state index in [1.807, 2.05) is 50.2 Å². The quantitative estimate of drug-likeness (QED) is 0.726. The van der Waals surface area contributed by atoms with E-state index in [4.69, 9.17) is 0 Å². The van der Waals surface area contributed by atoms with Crippen LogP contribution in [0.1, 0.15) is 57.9 Å². The number of anilines is 1. The highest BCUT2D eigenvalue weighted by atomic mass is 16.2. The van der Waals surface area contributed by atoms with Crippen molar-refractivity contribution in [1.29, 1.82) is 0 Å². The molecule has 6 heteroatoms. The van der Waals surface area contributed by atoms with E-state index in [1.54, 1.807) is 10.6 Å². The predicted octanol–water partition coefficient (Wildman–Crippen LogP) is 3.88. The number of amides is 2. The lowest BCUT2D eigenvalue weighted by atomic mass is 10.1. The lowest BCUT2D eigenvalue weighted by Crippen LogP contribution is -2.33. The molecule has 2 amide bonds. The highest BCUT2D eigenvalue weighted by molar-refractivity contribution is 6.06. The average molecular weight is 376 g/mol. The summed E-state index contributed by atoms with van der Waals surface area (Å²) < 4.78 is 1.67. The van der Waals surface area contributed by atoms with E-state index in [0.29, 0.717) is 11.2 Å². The zero-order valence-electron chi connectivity index (χ0n) is 16.2. The first-order valence-corrected chi connectivity index (χ1v) is 9.69. The topological polar surface area (TPSA) is 75.5 Å². The van der Waals surface area contributed by atoms with Crippen LogP contribution < -0.4 is 10.6 Å². The zero-order valence-corrected chi connectivity index (χ0v) is 16.2. The number of imidazole rings is 1. The number of carbonyl (C=O) groups is 2. The number of hydrogen-bond acceptors (Lipinski definition) is 3. The van der Waals surface area contributed by atoms with Gasteiger partial charge in [-0.3, -0.25) is 14.0 Å². The first kappa shape index (κ1) is 18.2. The van der Waals surface area contributed by atoms with Crippen molar-refractivity contribution in [3.8, 4) is 0 Å². The Morgan fingerprint density at radius 3 is 2.57 bits per heavy atom. The molecule has 3 aromatic rings. The minimum Gasteiger partial charge on any atom is -0.348 e. The van der Waals surface area contributed by atoms with Gasteiger partial charge in [-0.25, -0.2) is 4.98 Å². The molecule has 0 spiro atoms. The van der Waals surface area contributed by atoms with Crippen molar-refractivity contribution in [2.45, 2.75) is 45.6 Å². The van der Waals surface area contributed by atoms with Gasteiger partial charge in [0.05, 0.1) is 5.52 Å². The second-order valence-corrected chi connectivity index (χ2v) is 7.45. The monoisotopic (exact) mass is 376 g/mol. The summed E-state index contributed by atoms with van der Waals surface area (Å²) in [6.45, 7) is 4.03. The number of fused-ring (bicyclic) bond motifs is 1. The summed E-state index contributed by atoms with van der Waals surface area (Å²) in [6.07, 6.45) is 6.02. The van der Waals surface area contributed by atoms with Crippen LogP contribution in [0.25, 0.3) is 5.52 Å². The Kier molecular flexibility index (Phi) is 4.86. The van der Waals surface area contributed by atoms with Crippen LogP contribution >= 0.6 is 0 Å². The van der Waals surface area contributed by atoms with Crippen LogP contribution in [0, 0.1) is 13.8 Å². The molecular weight excluding hydrogens is 352 g/mol. The number of rotatable bonds is 4. The van der Waals surface area contributed by atoms with E-state index in [-0.39, 0.29) is 29.4 Å². The van der Waals surface area contributed by atoms with E-state index < -0.39 is 0 Å². The highest BCUT2D eigenvalue weighted by Gasteiger charge is 2.24. The number of pyridine rings is 1. The summed E-state index contributed by atoms with van der Waals surface area (Å²) in [7, 11) is 0. The van der Waals surface area contributed by atoms with E-state index in [2.05, 4.69) is 15.6 Å². The van der Waals surface area contributed by atoms with Gasteiger partial charge in [0.25, 0.3) is 11.8 Å². The molecule has 144 valence electrons. The molecule has 2 aromatic heterocycles. The van der Waals surface area contributed by atoms with Crippen LogP contribution in [0.4, 0.5) is 5.69 Å². The first-order valence-electron chi connectivity index (χ1n) is 9.69. The maximum atomic E-state index is 12.9. The molecule has 0 unspecified atom stereocenters. The number of hydrogen-bond donors (Lipinski definition) is 2. The van der Waals surface area contributed by atoms with Gasteiger partial charge in [-0.1, -0.05) is 25.0 Å². The van der Waals surface area contributed by atoms with Crippen LogP contribution in [-0.4, -0.2) is 27.2 Å². The third kappa shape index (κ3) is 3.50. The molecule has 0 bridgehead atoms. The molecule has 0 aliphatic heterocycles. The molecule has 2 heterocycles. The Morgan fingerprint density at radius 2 is 1.82 bits per heavy atom. The number of aryl methyl sites for hydroxylation is 2. The molecule has 0 atom stereocenters. The summed E-state index contributed by atoms with van der Waals surface area (Å²) in [5.74, 6) is -0.365. The average Bonchev–Trinajstić information content (AvgIpc) is 3.32. The molecule has 0 radical (unpaired) electrons. The number of carbonyl (C=O) groups excluding carboxylic acids is 2. The van der Waals surface area contributed by atoms with Crippen LogP contribution in [0.2, 0.25) is 0 Å². The number of nitrogens with one attached hydrogen (secondary N) is 2. The lowest BCUT2D eigenvalue weighted by Gasteiger charge is -2.10. The molecule has 4 rings (SSSR count). The molecule has 1 aliphatic carbocycles. The third-order valence-corrected chi connectivity index (χ3v) is 5.42. The third-order valence-electron chi connectivity index (χ3n) is 5.42. The number of aromatic nitrogens is 2. The minimum atomic E-state index is -0.343. The molecule has 2 N–H and O–H groups in total. The Bertz CT molecular complexity index is 1050. The van der Waals surface area contributed by atoms with E-state index >= 15 is 0 Å². The lowest BCUT2D eigenvalue weighted by molar-refractivity contribution is 0.0935. The van der Waals surface area contributed by atoms with Crippen molar-refractivity contribution < 1.29 is 9.59 Å². The van der Waals surface area contributed by atoms with Gasteiger partial charge in [-0.15, -0.1) is 0 Å². The summed E-state index contributed by atoms with van der Waals surface area (Å²) in [4.78, 5) is 30.1. The highest BCUT2D eigenvalue weighted by Crippen LogP contribution is 2.20. The summed E-state index contributed by atoms with van der Waals surface area (Å²) >= 11 is 0. The Labute approximate surface area is 164 Å². The number of benzene rings is 1. The van der Waals surface area contributed by atoms with Gasteiger partial charge >= 0.3 is 0 Å². The molecule has 0 saturated heterocycles. The van der Waals surface area contributed by atoms with E-state index in [9.17, 15) is 9.59 Å². The normalized spacial score (nSPS) is 14.4. The summed E-state index contributed by atoms with van der Waals surface area (Å²) in [5.41, 5.74) is 3.89. The fourth-order valence-corrected chi connectivity index (χ4v) is 3.70. The fraction of sp³-hybridized carbons (Fsp3) is 0.318. The minimum absolute atomic E-state index is 0.195. The SMILES string of the molecule is Cc1ccc(NC(=O)c2nc(C(=O)NC3CCCC3)c3ccccn23)cc1C. The van der Waals surface area contributed by atoms with Crippen LogP contribution in [0.5, 0.6) is 0 Å². The van der Waals surface area contributed by atoms with Gasteiger partial charge in [0.15, 0.2) is 5.69 Å². The van der Waals surface area contributed by atoms with E-state index in [0.717, 1.165) is 36.8 Å². The standard InChI is InChI=1S/C22H24N4O2/c1-14-10-11-17(13-15(14)2)24-22(28)20-25-19(18-9-5-6-12-26(18)20)21(27)23-16-7-3-4-8-16/h5-6,9-13,16H,3-4,7-8H2,1-2H3,(H,23,27)(H,24,28). The summed E-state index contributed by atoms with van der Waals surface area (Å²) in [5, 5.41) is 5.95. The van der Waals surface area contributed by atoms with Gasteiger partial charge in [0.2, 0.25) is 5.82 Å². The summed E-state index contributed by atoms with van der Waals surface area (Å²) in [6, 6.07) is 11.4. The molecule has 1 aliphatic rings. The molecule has 6 nitrogen and oxygen atoms in total. The molecule has 1 saturated carbocycles. The van der Waals surface area contributed by atoms with Gasteiger partial charge < -0.3 is 10.6 Å². The molecule has 28 heavy (non-hydrogen) atoms. The predicted molar refractivity (Wildman–Crippen MR) is 109 cm³/mol. The van der Waals surface area contributed by atoms with Crippen molar-refractivity contribution in [1.82, 2.24) is 14.7 Å². The van der Waals surface area contributed by atoms with Gasteiger partial charge in [0.1, 0.15) is 0 Å². The molecular formula is C22H24N4O2. The second kappa shape index (κ2) is 7.46. The Morgan fingerprint density at radius 1 is 1.04 bits per heavy atom. The van der Waals surface area contributed by atoms with Crippen molar-refractivity contribution >= 4 is 23.0 Å². The molecule has 1 aromatic carbocycles. The van der Waals surface area contributed by atoms with Crippen LogP contribution in [0.15, 0.2) is 42.6 Å². The number of nitrogens with zero attached hydrogens (tertiary/aromatic N) is 2. The smallest absolute Gasteiger partial charge is 0.292 e. The van der Waals surface area contributed by atoms with Crippen LogP contribution in [0.3, 0.4) is 0 Å². The first-order chi connectivity index (χ1) is 13.5. The van der Waals surface area contributed by atoms with Crippen molar-refractivity contribution in [2.75, 3.05) is 5.32 Å². The fourth-order valence-electron chi connectivity index (χ4n) is 3.70. The van der Waals surface area contributed by atoms with E-state index in [1.165, 1.54) is 0 Å². The van der Waals surface area contributed by atoms with Crippen molar-refractivity contribution in [2.24, 2.45) is 0 Å². The van der Waals surface area contributed by atoms with Gasteiger partial charge in [-0.2, -0.15) is 0 Å². The molecule has 1 fully saturated rings. The Balaban J connectivity index is 1.64. The maximum absolute atomic E-state index is 12.9. The van der Waals surface area contributed by atoms with Gasteiger partial charge in [0, 0.05) is 17.9 Å². The maximum Gasteiger partial charge on any atom is 0.292 e. The second-order valence-electron chi connectivity index (χ2n) is 7.45. The van der Waals surface area contributed by atoms with Crippen molar-refractivity contribution in [3.05, 3.63) is 65.2 Å². The van der Waals surface area contributed by atoms with Crippen LogP contribution in [-0.2, 0) is 0 Å². The van der Waals surface area contributed by atoms with Crippen molar-refractivity contribution in [3.63, 3.8) is 0 Å². The Hall–Kier alpha value is -3.15.